The SMILES string of the molecule is c1ccc(-n2c3ccccc3c3c(-c4cccc(N(c5ccc([Si](c6ccccc6)(c6ccccc6)c6ccccc6)cc5)c5cccc6c5oc5ccccc56)c4)cccc32)cc1. The Morgan fingerprint density at radius 3 is 1.59 bits per heavy atom. The molecule has 0 N–H and O–H groups in total. The van der Waals surface area contributed by atoms with Gasteiger partial charge in [-0.25, -0.2) is 0 Å². The van der Waals surface area contributed by atoms with Crippen molar-refractivity contribution in [2.24, 2.45) is 0 Å². The van der Waals surface area contributed by atoms with Gasteiger partial charge in [-0.3, -0.25) is 0 Å². The molecule has 0 bridgehead atoms. The average Bonchev–Trinajstić information content (AvgIpc) is 3.93. The van der Waals surface area contributed by atoms with Crippen molar-refractivity contribution in [3.63, 3.8) is 0 Å². The van der Waals surface area contributed by atoms with Crippen LogP contribution in [0.3, 0.4) is 0 Å². The standard InChI is InChI=1S/C60H42N2OSi/c1-5-21-44(22-6-1)62-55-34-15-13-31-54(55)59-51(32-18-35-56(59)62)43-20-17-23-46(42-43)61(57-36-19-33-53-52-30-14-16-37-58(52)63-60(53)57)45-38-40-50(41-39-45)64(47-24-7-2-8-25-47,48-26-9-3-10-27-48)49-28-11-4-12-29-49/h1-42H. The van der Waals surface area contributed by atoms with Crippen molar-refractivity contribution >= 4 is 89.6 Å². The first-order valence-corrected chi connectivity index (χ1v) is 23.9. The fourth-order valence-corrected chi connectivity index (χ4v) is 14.9. The minimum absolute atomic E-state index is 0.854. The zero-order valence-corrected chi connectivity index (χ0v) is 36.1. The molecule has 0 aliphatic heterocycles. The molecule has 64 heavy (non-hydrogen) atoms. The molecule has 0 aliphatic rings. The number of benzene rings is 10. The third-order valence-electron chi connectivity index (χ3n) is 12.9. The number of aromatic nitrogens is 1. The van der Waals surface area contributed by atoms with E-state index in [-0.39, 0.29) is 0 Å². The first kappa shape index (κ1) is 37.6. The molecule has 0 amide bonds. The van der Waals surface area contributed by atoms with E-state index >= 15 is 0 Å². The Balaban J connectivity index is 1.08. The van der Waals surface area contributed by atoms with Crippen molar-refractivity contribution in [3.05, 3.63) is 255 Å². The highest BCUT2D eigenvalue weighted by Gasteiger charge is 2.41. The topological polar surface area (TPSA) is 21.3 Å². The van der Waals surface area contributed by atoms with Gasteiger partial charge in [-0.15, -0.1) is 0 Å². The van der Waals surface area contributed by atoms with Crippen molar-refractivity contribution in [1.82, 2.24) is 4.57 Å². The number of furan rings is 1. The second-order valence-corrected chi connectivity index (χ2v) is 20.2. The zero-order valence-electron chi connectivity index (χ0n) is 35.1. The number of anilines is 3. The van der Waals surface area contributed by atoms with Gasteiger partial charge in [-0.1, -0.05) is 194 Å². The van der Waals surface area contributed by atoms with Gasteiger partial charge in [0.1, 0.15) is 5.58 Å². The first-order chi connectivity index (χ1) is 31.8. The molecule has 2 aromatic heterocycles. The predicted molar refractivity (Wildman–Crippen MR) is 272 cm³/mol. The van der Waals surface area contributed by atoms with Gasteiger partial charge in [0.05, 0.1) is 16.7 Å². The van der Waals surface area contributed by atoms with Gasteiger partial charge in [0.2, 0.25) is 0 Å². The molecule has 10 aromatic carbocycles. The van der Waals surface area contributed by atoms with Gasteiger partial charge >= 0.3 is 0 Å². The molecule has 0 aliphatic carbocycles. The minimum Gasteiger partial charge on any atom is -0.454 e. The molecule has 0 saturated carbocycles. The van der Waals surface area contributed by atoms with E-state index in [1.807, 2.05) is 6.07 Å². The van der Waals surface area contributed by atoms with E-state index in [4.69, 9.17) is 4.42 Å². The van der Waals surface area contributed by atoms with Crippen LogP contribution < -0.4 is 25.6 Å². The molecule has 0 fully saturated rings. The molecule has 3 nitrogen and oxygen atoms in total. The minimum atomic E-state index is -2.75. The molecule has 0 unspecified atom stereocenters. The van der Waals surface area contributed by atoms with Crippen molar-refractivity contribution in [3.8, 4) is 16.8 Å². The van der Waals surface area contributed by atoms with E-state index in [1.54, 1.807) is 0 Å². The van der Waals surface area contributed by atoms with Crippen LogP contribution in [0.5, 0.6) is 0 Å². The van der Waals surface area contributed by atoms with Gasteiger partial charge in [-0.2, -0.15) is 0 Å². The molecule has 4 heteroatoms. The molecular weight excluding hydrogens is 793 g/mol. The van der Waals surface area contributed by atoms with Gasteiger partial charge in [0.25, 0.3) is 0 Å². The summed E-state index contributed by atoms with van der Waals surface area (Å²) in [7, 11) is -2.75. The summed E-state index contributed by atoms with van der Waals surface area (Å²) in [6.07, 6.45) is 0. The number of hydrogen-bond donors (Lipinski definition) is 0. The van der Waals surface area contributed by atoms with E-state index in [1.165, 1.54) is 48.1 Å². The third-order valence-corrected chi connectivity index (χ3v) is 17.7. The fourth-order valence-electron chi connectivity index (χ4n) is 10.2. The largest absolute Gasteiger partial charge is 0.454 e. The van der Waals surface area contributed by atoms with E-state index in [0.29, 0.717) is 0 Å². The number of nitrogens with zero attached hydrogens (tertiary/aromatic N) is 2. The molecule has 0 atom stereocenters. The molecule has 2 heterocycles. The summed E-state index contributed by atoms with van der Waals surface area (Å²) < 4.78 is 9.17. The van der Waals surface area contributed by atoms with Crippen molar-refractivity contribution in [2.75, 3.05) is 4.90 Å². The normalized spacial score (nSPS) is 11.8. The lowest BCUT2D eigenvalue weighted by molar-refractivity contribution is 0.669. The van der Waals surface area contributed by atoms with Crippen LogP contribution in [0.25, 0.3) is 60.6 Å². The predicted octanol–water partition coefficient (Wildman–Crippen LogP) is 13.2. The van der Waals surface area contributed by atoms with Crippen LogP contribution in [-0.2, 0) is 0 Å². The summed E-state index contributed by atoms with van der Waals surface area (Å²) in [6, 6.07) is 92.7. The lowest BCUT2D eigenvalue weighted by Crippen LogP contribution is -2.74. The molecular formula is C60H42N2OSi. The zero-order chi connectivity index (χ0) is 42.5. The van der Waals surface area contributed by atoms with Crippen molar-refractivity contribution in [2.45, 2.75) is 0 Å². The Kier molecular flexibility index (Phi) is 9.17. The summed E-state index contributed by atoms with van der Waals surface area (Å²) in [4.78, 5) is 2.38. The maximum atomic E-state index is 6.79. The second kappa shape index (κ2) is 15.6. The lowest BCUT2D eigenvalue weighted by atomic mass is 9.98. The van der Waals surface area contributed by atoms with Crippen LogP contribution in [-0.4, -0.2) is 12.6 Å². The smallest absolute Gasteiger partial charge is 0.179 e. The van der Waals surface area contributed by atoms with Crippen LogP contribution in [0.1, 0.15) is 0 Å². The van der Waals surface area contributed by atoms with Gasteiger partial charge < -0.3 is 13.9 Å². The number of fused-ring (bicyclic) bond motifs is 6. The van der Waals surface area contributed by atoms with Crippen LogP contribution in [0.2, 0.25) is 0 Å². The third kappa shape index (κ3) is 6.03. The van der Waals surface area contributed by atoms with Gasteiger partial charge in [0, 0.05) is 38.6 Å². The Morgan fingerprint density at radius 2 is 0.906 bits per heavy atom. The molecule has 0 saturated heterocycles. The maximum absolute atomic E-state index is 6.79. The Bertz CT molecular complexity index is 3500. The summed E-state index contributed by atoms with van der Waals surface area (Å²) in [5.74, 6) is 0. The van der Waals surface area contributed by atoms with E-state index in [0.717, 1.165) is 50.3 Å². The first-order valence-electron chi connectivity index (χ1n) is 21.9. The Hall–Kier alpha value is -8.18. The van der Waals surface area contributed by atoms with Crippen molar-refractivity contribution in [1.29, 1.82) is 0 Å². The molecule has 302 valence electrons. The Morgan fingerprint density at radius 1 is 0.375 bits per heavy atom. The van der Waals surface area contributed by atoms with E-state index in [2.05, 4.69) is 258 Å². The quantitative estimate of drug-likeness (QED) is 0.107. The van der Waals surface area contributed by atoms with E-state index < -0.39 is 8.07 Å². The number of rotatable bonds is 9. The van der Waals surface area contributed by atoms with Gasteiger partial charge in [-0.05, 0) is 92.5 Å². The summed E-state index contributed by atoms with van der Waals surface area (Å²) in [5.41, 5.74) is 10.6. The lowest BCUT2D eigenvalue weighted by Gasteiger charge is -2.35. The average molecular weight is 835 g/mol. The number of para-hydroxylation sites is 4. The second-order valence-electron chi connectivity index (χ2n) is 16.4. The van der Waals surface area contributed by atoms with Crippen LogP contribution in [0.4, 0.5) is 17.1 Å². The molecule has 0 spiro atoms. The monoisotopic (exact) mass is 834 g/mol. The van der Waals surface area contributed by atoms with Crippen molar-refractivity contribution < 1.29 is 4.42 Å². The van der Waals surface area contributed by atoms with Crippen LogP contribution in [0, 0.1) is 0 Å². The van der Waals surface area contributed by atoms with Crippen LogP contribution in [0.15, 0.2) is 259 Å². The van der Waals surface area contributed by atoms with Crippen LogP contribution >= 0.6 is 0 Å². The highest BCUT2D eigenvalue weighted by Crippen LogP contribution is 2.44. The number of hydrogen-bond acceptors (Lipinski definition) is 2. The highest BCUT2D eigenvalue weighted by molar-refractivity contribution is 7.19. The van der Waals surface area contributed by atoms with E-state index in [9.17, 15) is 0 Å². The summed E-state index contributed by atoms with van der Waals surface area (Å²) in [5, 5.41) is 10.0. The Labute approximate surface area is 373 Å². The molecule has 12 rings (SSSR count). The summed E-state index contributed by atoms with van der Waals surface area (Å²) >= 11 is 0. The molecule has 12 aromatic rings. The fraction of sp³-hybridized carbons (Fsp3) is 0. The highest BCUT2D eigenvalue weighted by atomic mass is 28.3. The maximum Gasteiger partial charge on any atom is 0.179 e. The summed E-state index contributed by atoms with van der Waals surface area (Å²) in [6.45, 7) is 0. The molecule has 0 radical (unpaired) electrons. The van der Waals surface area contributed by atoms with Gasteiger partial charge in [0.15, 0.2) is 13.7 Å².